The van der Waals surface area contributed by atoms with Crippen molar-refractivity contribution in [3.05, 3.63) is 10.4 Å². The molecular weight excluding hydrogens is 266 g/mol. The predicted octanol–water partition coefficient (Wildman–Crippen LogP) is 1.69. The van der Waals surface area contributed by atoms with Gasteiger partial charge in [-0.15, -0.1) is 0 Å². The Morgan fingerprint density at radius 1 is 0.950 bits per heavy atom. The lowest BCUT2D eigenvalue weighted by atomic mass is 9.99. The van der Waals surface area contributed by atoms with Gasteiger partial charge in [0.1, 0.15) is 18.3 Å². The molecule has 0 radical (unpaired) electrons. The van der Waals surface area contributed by atoms with E-state index < -0.39 is 24.0 Å². The van der Waals surface area contributed by atoms with Crippen molar-refractivity contribution in [1.29, 1.82) is 0 Å². The minimum absolute atomic E-state index is 0.171. The first-order chi connectivity index (χ1) is 9.31. The van der Waals surface area contributed by atoms with Crippen LogP contribution in [0.3, 0.4) is 0 Å². The SMILES string of the molecule is CC1(C)O[C@@H]2O[C@H](CN=[N+]=[N-])[C@H]3OC(C)(C)O[C@H]3[C@H]2O1. The summed E-state index contributed by atoms with van der Waals surface area (Å²) in [6, 6.07) is 0. The van der Waals surface area contributed by atoms with Crippen molar-refractivity contribution >= 4 is 0 Å². The fourth-order valence-electron chi connectivity index (χ4n) is 2.96. The molecule has 3 saturated heterocycles. The zero-order chi connectivity index (χ0) is 14.5. The van der Waals surface area contributed by atoms with Crippen molar-refractivity contribution < 1.29 is 23.7 Å². The molecule has 20 heavy (non-hydrogen) atoms. The highest BCUT2D eigenvalue weighted by atomic mass is 16.9. The van der Waals surface area contributed by atoms with Crippen LogP contribution in [0.15, 0.2) is 5.11 Å². The van der Waals surface area contributed by atoms with E-state index in [0.717, 1.165) is 0 Å². The molecule has 112 valence electrons. The van der Waals surface area contributed by atoms with Crippen LogP contribution in [-0.4, -0.2) is 48.8 Å². The molecule has 0 unspecified atom stereocenters. The first-order valence-corrected chi connectivity index (χ1v) is 6.69. The van der Waals surface area contributed by atoms with E-state index in [4.69, 9.17) is 29.2 Å². The Balaban J connectivity index is 1.85. The number of azide groups is 1. The monoisotopic (exact) mass is 285 g/mol. The molecule has 0 amide bonds. The van der Waals surface area contributed by atoms with Crippen LogP contribution < -0.4 is 0 Å². The Kier molecular flexibility index (Phi) is 3.20. The summed E-state index contributed by atoms with van der Waals surface area (Å²) in [5, 5.41) is 3.58. The molecule has 3 aliphatic rings. The van der Waals surface area contributed by atoms with Crippen LogP contribution in [-0.2, 0) is 23.7 Å². The zero-order valence-electron chi connectivity index (χ0n) is 12.0. The van der Waals surface area contributed by atoms with Crippen molar-refractivity contribution in [1.82, 2.24) is 0 Å². The molecule has 8 heteroatoms. The number of nitrogens with zero attached hydrogens (tertiary/aromatic N) is 3. The van der Waals surface area contributed by atoms with E-state index in [1.807, 2.05) is 27.7 Å². The number of hydrogen-bond donors (Lipinski definition) is 0. The standard InChI is InChI=1S/C12H19N3O5/c1-11(2)17-7-6(5-14-15-13)16-10-9(8(7)18-11)19-12(3,4)20-10/h6-10H,5H2,1-4H3/t6-,7-,8-,9-,10+/m1/s1. The summed E-state index contributed by atoms with van der Waals surface area (Å²) >= 11 is 0. The normalized spacial score (nSPS) is 44.5. The second-order valence-electron chi connectivity index (χ2n) is 6.12. The first kappa shape index (κ1) is 14.1. The molecule has 0 aromatic rings. The van der Waals surface area contributed by atoms with Gasteiger partial charge in [0.15, 0.2) is 17.9 Å². The molecule has 0 aromatic carbocycles. The highest BCUT2D eigenvalue weighted by Gasteiger charge is 2.60. The molecule has 0 bridgehead atoms. The topological polar surface area (TPSA) is 94.9 Å². The molecule has 0 aromatic heterocycles. The fourth-order valence-corrected chi connectivity index (χ4v) is 2.96. The third-order valence-electron chi connectivity index (χ3n) is 3.58. The molecule has 8 nitrogen and oxygen atoms in total. The number of hydrogen-bond acceptors (Lipinski definition) is 6. The largest absolute Gasteiger partial charge is 0.344 e. The Morgan fingerprint density at radius 2 is 1.55 bits per heavy atom. The highest BCUT2D eigenvalue weighted by molar-refractivity contribution is 5.00. The lowest BCUT2D eigenvalue weighted by Gasteiger charge is -2.36. The van der Waals surface area contributed by atoms with Gasteiger partial charge in [-0.1, -0.05) is 5.11 Å². The van der Waals surface area contributed by atoms with Crippen molar-refractivity contribution in [2.45, 2.75) is 70.0 Å². The maximum absolute atomic E-state index is 8.49. The summed E-state index contributed by atoms with van der Waals surface area (Å²) in [5.41, 5.74) is 8.49. The zero-order valence-corrected chi connectivity index (χ0v) is 12.0. The molecular formula is C12H19N3O5. The molecule has 0 spiro atoms. The molecule has 3 fully saturated rings. The van der Waals surface area contributed by atoms with Crippen molar-refractivity contribution in [2.24, 2.45) is 5.11 Å². The lowest BCUT2D eigenvalue weighted by Crippen LogP contribution is -2.55. The lowest BCUT2D eigenvalue weighted by molar-refractivity contribution is -0.231. The predicted molar refractivity (Wildman–Crippen MR) is 66.5 cm³/mol. The van der Waals surface area contributed by atoms with Gasteiger partial charge in [-0.3, -0.25) is 0 Å². The van der Waals surface area contributed by atoms with E-state index in [0.29, 0.717) is 0 Å². The Hall–Kier alpha value is -0.890. The first-order valence-electron chi connectivity index (χ1n) is 6.69. The summed E-state index contributed by atoms with van der Waals surface area (Å²) in [5.74, 6) is -1.46. The van der Waals surface area contributed by atoms with Crippen LogP contribution >= 0.6 is 0 Å². The van der Waals surface area contributed by atoms with Crippen molar-refractivity contribution in [3.8, 4) is 0 Å². The highest BCUT2D eigenvalue weighted by Crippen LogP contribution is 2.44. The van der Waals surface area contributed by atoms with Crippen molar-refractivity contribution in [3.63, 3.8) is 0 Å². The van der Waals surface area contributed by atoms with Gasteiger partial charge in [-0.25, -0.2) is 0 Å². The number of fused-ring (bicyclic) bond motifs is 3. The smallest absolute Gasteiger partial charge is 0.190 e. The summed E-state index contributed by atoms with van der Waals surface area (Å²) in [6.07, 6.45) is -1.93. The molecule has 0 N–H and O–H groups in total. The van der Waals surface area contributed by atoms with Crippen LogP contribution in [0.25, 0.3) is 10.4 Å². The summed E-state index contributed by atoms with van der Waals surface area (Å²) in [4.78, 5) is 2.77. The van der Waals surface area contributed by atoms with Gasteiger partial charge < -0.3 is 23.7 Å². The molecule has 5 atom stereocenters. The third-order valence-corrected chi connectivity index (χ3v) is 3.58. The van der Waals surface area contributed by atoms with Gasteiger partial charge >= 0.3 is 0 Å². The second kappa shape index (κ2) is 4.56. The van der Waals surface area contributed by atoms with Gasteiger partial charge in [0.25, 0.3) is 0 Å². The summed E-state index contributed by atoms with van der Waals surface area (Å²) in [7, 11) is 0. The number of ether oxygens (including phenoxy) is 5. The van der Waals surface area contributed by atoms with E-state index in [-0.39, 0.29) is 24.9 Å². The average Bonchev–Trinajstić information content (AvgIpc) is 2.80. The molecule has 0 saturated carbocycles. The van der Waals surface area contributed by atoms with Crippen LogP contribution in [0.4, 0.5) is 0 Å². The maximum atomic E-state index is 8.49. The summed E-state index contributed by atoms with van der Waals surface area (Å²) in [6.45, 7) is 7.50. The van der Waals surface area contributed by atoms with Gasteiger partial charge in [-0.2, -0.15) is 0 Å². The minimum Gasteiger partial charge on any atom is -0.344 e. The molecule has 3 rings (SSSR count). The van der Waals surface area contributed by atoms with Crippen LogP contribution in [0, 0.1) is 0 Å². The van der Waals surface area contributed by atoms with Gasteiger partial charge in [-0.05, 0) is 33.2 Å². The Labute approximate surface area is 116 Å². The minimum atomic E-state index is -0.733. The van der Waals surface area contributed by atoms with E-state index >= 15 is 0 Å². The number of rotatable bonds is 2. The Bertz CT molecular complexity index is 448. The fraction of sp³-hybridized carbons (Fsp3) is 1.00. The van der Waals surface area contributed by atoms with Crippen LogP contribution in [0.1, 0.15) is 27.7 Å². The van der Waals surface area contributed by atoms with Crippen LogP contribution in [0.5, 0.6) is 0 Å². The van der Waals surface area contributed by atoms with Crippen LogP contribution in [0.2, 0.25) is 0 Å². The summed E-state index contributed by atoms with van der Waals surface area (Å²) < 4.78 is 29.2. The quantitative estimate of drug-likeness (QED) is 0.437. The van der Waals surface area contributed by atoms with Gasteiger partial charge in [0.05, 0.1) is 12.6 Å². The molecule has 3 aliphatic heterocycles. The van der Waals surface area contributed by atoms with E-state index in [2.05, 4.69) is 10.0 Å². The van der Waals surface area contributed by atoms with E-state index in [1.165, 1.54) is 0 Å². The van der Waals surface area contributed by atoms with Crippen molar-refractivity contribution in [2.75, 3.05) is 6.54 Å². The maximum Gasteiger partial charge on any atom is 0.190 e. The van der Waals surface area contributed by atoms with Gasteiger partial charge in [0.2, 0.25) is 0 Å². The van der Waals surface area contributed by atoms with E-state index in [9.17, 15) is 0 Å². The average molecular weight is 285 g/mol. The third kappa shape index (κ3) is 2.39. The van der Waals surface area contributed by atoms with Gasteiger partial charge in [0, 0.05) is 4.91 Å². The second-order valence-corrected chi connectivity index (χ2v) is 6.12. The molecule has 0 aliphatic carbocycles. The van der Waals surface area contributed by atoms with E-state index in [1.54, 1.807) is 0 Å². The molecule has 3 heterocycles. The Morgan fingerprint density at radius 3 is 2.25 bits per heavy atom.